The molecule has 0 bridgehead atoms. The van der Waals surface area contributed by atoms with E-state index in [-0.39, 0.29) is 33.9 Å². The maximum absolute atomic E-state index is 15.0. The molecule has 2 aromatic carbocycles. The summed E-state index contributed by atoms with van der Waals surface area (Å²) in [6.45, 7) is 0. The van der Waals surface area contributed by atoms with Gasteiger partial charge in [-0.3, -0.25) is 9.59 Å². The number of aromatic carboxylic acids is 1. The zero-order valence-corrected chi connectivity index (χ0v) is 15.3. The standard InChI is InChI=1S/C22H12FN3O4/c23-14-7-12-19(26(9-5-6-9)8-13(20(12)27)22(29)30)17-16(14)25-18-15(24-17)10-3-1-2-4-11(10)21(18)28/h1-4,7-9H,5-6H2,(H,29,30). The van der Waals surface area contributed by atoms with E-state index >= 15 is 0 Å². The lowest BCUT2D eigenvalue weighted by molar-refractivity contribution is 0.0694. The van der Waals surface area contributed by atoms with Crippen LogP contribution in [0.25, 0.3) is 33.2 Å². The first-order valence-electron chi connectivity index (χ1n) is 9.42. The number of pyridine rings is 1. The molecule has 146 valence electrons. The number of halogens is 1. The van der Waals surface area contributed by atoms with Gasteiger partial charge in [-0.1, -0.05) is 24.3 Å². The maximum atomic E-state index is 15.0. The number of nitrogens with zero attached hydrogens (tertiary/aromatic N) is 3. The molecule has 1 saturated carbocycles. The van der Waals surface area contributed by atoms with Crippen molar-refractivity contribution < 1.29 is 19.1 Å². The Morgan fingerprint density at radius 1 is 1.07 bits per heavy atom. The van der Waals surface area contributed by atoms with Crippen LogP contribution in [0.5, 0.6) is 0 Å². The van der Waals surface area contributed by atoms with Crippen molar-refractivity contribution in [3.05, 3.63) is 69.4 Å². The Kier molecular flexibility index (Phi) is 3.15. The largest absolute Gasteiger partial charge is 0.477 e. The van der Waals surface area contributed by atoms with Crippen molar-refractivity contribution in [3.63, 3.8) is 0 Å². The van der Waals surface area contributed by atoms with Gasteiger partial charge in [0.1, 0.15) is 28.0 Å². The van der Waals surface area contributed by atoms with Crippen LogP contribution in [0, 0.1) is 5.82 Å². The summed E-state index contributed by atoms with van der Waals surface area (Å²) in [6.07, 6.45) is 2.93. The first kappa shape index (κ1) is 17.0. The highest BCUT2D eigenvalue weighted by Gasteiger charge is 2.33. The molecular formula is C22H12FN3O4. The Balaban J connectivity index is 1.81. The number of carbonyl (C=O) groups is 2. The molecule has 8 heteroatoms. The van der Waals surface area contributed by atoms with E-state index < -0.39 is 22.8 Å². The fourth-order valence-electron chi connectivity index (χ4n) is 4.15. The minimum absolute atomic E-state index is 0.00355. The molecule has 0 aliphatic heterocycles. The fraction of sp³-hybridized carbons (Fsp3) is 0.136. The van der Waals surface area contributed by atoms with Gasteiger partial charge in [-0.15, -0.1) is 0 Å². The molecule has 4 aromatic rings. The second-order valence-corrected chi connectivity index (χ2v) is 7.56. The number of benzene rings is 2. The lowest BCUT2D eigenvalue weighted by Crippen LogP contribution is -2.19. The highest BCUT2D eigenvalue weighted by Crippen LogP contribution is 2.40. The van der Waals surface area contributed by atoms with Crippen LogP contribution < -0.4 is 5.43 Å². The molecule has 1 fully saturated rings. The first-order valence-corrected chi connectivity index (χ1v) is 9.42. The van der Waals surface area contributed by atoms with Crippen molar-refractivity contribution in [2.75, 3.05) is 0 Å². The Morgan fingerprint density at radius 3 is 2.47 bits per heavy atom. The number of hydrogen-bond acceptors (Lipinski definition) is 5. The quantitative estimate of drug-likeness (QED) is 0.455. The molecule has 0 saturated heterocycles. The molecule has 2 aromatic heterocycles. The van der Waals surface area contributed by atoms with Crippen molar-refractivity contribution >= 4 is 33.7 Å². The van der Waals surface area contributed by atoms with E-state index in [0.717, 1.165) is 18.9 Å². The zero-order chi connectivity index (χ0) is 20.7. The van der Waals surface area contributed by atoms with Gasteiger partial charge in [0.25, 0.3) is 0 Å². The smallest absolute Gasteiger partial charge is 0.341 e. The number of fused-ring (bicyclic) bond motifs is 6. The van der Waals surface area contributed by atoms with Gasteiger partial charge in [-0.2, -0.15) is 0 Å². The second kappa shape index (κ2) is 5.56. The molecule has 1 N–H and O–H groups in total. The number of rotatable bonds is 2. The predicted octanol–water partition coefficient (Wildman–Crippen LogP) is 3.33. The van der Waals surface area contributed by atoms with Crippen molar-refractivity contribution in [3.8, 4) is 11.3 Å². The minimum atomic E-state index is -1.36. The molecule has 6 rings (SSSR count). The van der Waals surface area contributed by atoms with Crippen LogP contribution in [-0.2, 0) is 0 Å². The third-order valence-electron chi connectivity index (χ3n) is 5.70. The lowest BCUT2D eigenvalue weighted by atomic mass is 10.1. The molecule has 2 heterocycles. The third-order valence-corrected chi connectivity index (χ3v) is 5.70. The average molecular weight is 401 g/mol. The van der Waals surface area contributed by atoms with Gasteiger partial charge in [0, 0.05) is 23.4 Å². The topological polar surface area (TPSA) is 102 Å². The summed E-state index contributed by atoms with van der Waals surface area (Å²) in [5.41, 5.74) is 0.657. The minimum Gasteiger partial charge on any atom is -0.477 e. The highest BCUT2D eigenvalue weighted by atomic mass is 19.1. The lowest BCUT2D eigenvalue weighted by Gasteiger charge is -2.14. The Bertz CT molecular complexity index is 1540. The monoisotopic (exact) mass is 401 g/mol. The van der Waals surface area contributed by atoms with Crippen molar-refractivity contribution in [2.45, 2.75) is 18.9 Å². The summed E-state index contributed by atoms with van der Waals surface area (Å²) in [4.78, 5) is 45.9. The van der Waals surface area contributed by atoms with Crippen molar-refractivity contribution in [1.29, 1.82) is 0 Å². The molecule has 0 spiro atoms. The summed E-state index contributed by atoms with van der Waals surface area (Å²) in [5.74, 6) is -2.51. The van der Waals surface area contributed by atoms with Crippen LogP contribution >= 0.6 is 0 Å². The number of hydrogen-bond donors (Lipinski definition) is 1. The summed E-state index contributed by atoms with van der Waals surface area (Å²) in [7, 11) is 0. The highest BCUT2D eigenvalue weighted by molar-refractivity contribution is 6.21. The molecule has 0 amide bonds. The summed E-state index contributed by atoms with van der Waals surface area (Å²) < 4.78 is 16.7. The van der Waals surface area contributed by atoms with E-state index in [1.807, 2.05) is 0 Å². The van der Waals surface area contributed by atoms with Gasteiger partial charge in [0.05, 0.1) is 10.9 Å². The van der Waals surface area contributed by atoms with Crippen LogP contribution in [0.3, 0.4) is 0 Å². The number of carbonyl (C=O) groups excluding carboxylic acids is 1. The van der Waals surface area contributed by atoms with E-state index in [0.29, 0.717) is 22.3 Å². The van der Waals surface area contributed by atoms with Crippen LogP contribution in [0.1, 0.15) is 45.3 Å². The molecule has 0 radical (unpaired) electrons. The van der Waals surface area contributed by atoms with Gasteiger partial charge in [-0.25, -0.2) is 19.2 Å². The van der Waals surface area contributed by atoms with Crippen LogP contribution in [-0.4, -0.2) is 31.4 Å². The third kappa shape index (κ3) is 2.10. The Labute approximate surface area is 167 Å². The van der Waals surface area contributed by atoms with Crippen LogP contribution in [0.2, 0.25) is 0 Å². The molecule has 0 unspecified atom stereocenters. The maximum Gasteiger partial charge on any atom is 0.341 e. The summed E-state index contributed by atoms with van der Waals surface area (Å²) in [5, 5.41) is 9.37. The van der Waals surface area contributed by atoms with Gasteiger partial charge in [0.15, 0.2) is 5.82 Å². The molecule has 7 nitrogen and oxygen atoms in total. The molecule has 0 atom stereocenters. The average Bonchev–Trinajstić information content (AvgIpc) is 3.54. The number of aromatic nitrogens is 3. The molecular weight excluding hydrogens is 389 g/mol. The Hall–Kier alpha value is -3.94. The van der Waals surface area contributed by atoms with E-state index in [1.54, 1.807) is 28.8 Å². The fourth-order valence-corrected chi connectivity index (χ4v) is 4.15. The Morgan fingerprint density at radius 2 is 1.77 bits per heavy atom. The van der Waals surface area contributed by atoms with Crippen molar-refractivity contribution in [1.82, 2.24) is 14.5 Å². The first-order chi connectivity index (χ1) is 14.5. The van der Waals surface area contributed by atoms with Crippen LogP contribution in [0.15, 0.2) is 41.3 Å². The van der Waals surface area contributed by atoms with E-state index in [1.165, 1.54) is 6.20 Å². The van der Waals surface area contributed by atoms with Crippen molar-refractivity contribution in [2.24, 2.45) is 0 Å². The SMILES string of the molecule is O=C1c2ccccc2-c2nc3c(nc21)c(F)cc1c(=O)c(C(=O)O)cn(C2CC2)c13. The van der Waals surface area contributed by atoms with Gasteiger partial charge in [-0.05, 0) is 18.9 Å². The van der Waals surface area contributed by atoms with E-state index in [9.17, 15) is 23.9 Å². The van der Waals surface area contributed by atoms with Gasteiger partial charge in [0.2, 0.25) is 11.2 Å². The van der Waals surface area contributed by atoms with Gasteiger partial charge < -0.3 is 9.67 Å². The number of ketones is 1. The van der Waals surface area contributed by atoms with Crippen LogP contribution in [0.4, 0.5) is 4.39 Å². The van der Waals surface area contributed by atoms with E-state index in [4.69, 9.17) is 0 Å². The summed E-state index contributed by atoms with van der Waals surface area (Å²) in [6, 6.07) is 7.92. The van der Waals surface area contributed by atoms with E-state index in [2.05, 4.69) is 9.97 Å². The second-order valence-electron chi connectivity index (χ2n) is 7.56. The number of carboxylic acid groups (broad SMARTS) is 1. The zero-order valence-electron chi connectivity index (χ0n) is 15.3. The predicted molar refractivity (Wildman–Crippen MR) is 105 cm³/mol. The normalized spacial score (nSPS) is 14.9. The molecule has 2 aliphatic carbocycles. The molecule has 2 aliphatic rings. The van der Waals surface area contributed by atoms with Gasteiger partial charge >= 0.3 is 5.97 Å². The number of carboxylic acids is 1. The summed E-state index contributed by atoms with van der Waals surface area (Å²) >= 11 is 0. The molecule has 30 heavy (non-hydrogen) atoms.